The Bertz CT molecular complexity index is 823. The lowest BCUT2D eigenvalue weighted by Crippen LogP contribution is -2.45. The number of thiophene rings is 1. The van der Waals surface area contributed by atoms with Crippen LogP contribution in [0.4, 0.5) is 0 Å². The van der Waals surface area contributed by atoms with E-state index in [0.29, 0.717) is 31.6 Å². The molecule has 0 bridgehead atoms. The van der Waals surface area contributed by atoms with Gasteiger partial charge in [-0.25, -0.2) is 8.42 Å². The van der Waals surface area contributed by atoms with Crippen LogP contribution in [-0.2, 0) is 21.4 Å². The van der Waals surface area contributed by atoms with E-state index in [4.69, 9.17) is 4.52 Å². The minimum Gasteiger partial charge on any atom is -0.360 e. The van der Waals surface area contributed by atoms with Gasteiger partial charge in [0.05, 0.1) is 12.5 Å². The second-order valence-corrected chi connectivity index (χ2v) is 9.06. The summed E-state index contributed by atoms with van der Waals surface area (Å²) in [5, 5.41) is 8.59. The van der Waals surface area contributed by atoms with Crippen molar-refractivity contribution in [3.8, 4) is 0 Å². The molecule has 1 unspecified atom stereocenters. The molecule has 136 valence electrons. The summed E-state index contributed by atoms with van der Waals surface area (Å²) in [6, 6.07) is 3.89. The maximum Gasteiger partial charge on any atom is 0.248 e. The number of rotatable bonds is 5. The molecule has 1 N–H and O–H groups in total. The van der Waals surface area contributed by atoms with Gasteiger partial charge in [0.1, 0.15) is 10.6 Å². The van der Waals surface area contributed by atoms with Gasteiger partial charge < -0.3 is 9.84 Å². The molecule has 1 fully saturated rings. The molecule has 7 nitrogen and oxygen atoms in total. The van der Waals surface area contributed by atoms with Crippen LogP contribution >= 0.6 is 11.3 Å². The summed E-state index contributed by atoms with van der Waals surface area (Å²) in [4.78, 5) is 13.6. The molecule has 0 radical (unpaired) electrons. The number of nitrogens with one attached hydrogen (secondary N) is 1. The summed E-state index contributed by atoms with van der Waals surface area (Å²) in [6.07, 6.45) is 1.34. The first kappa shape index (κ1) is 18.1. The summed E-state index contributed by atoms with van der Waals surface area (Å²) < 4.78 is 32.2. The van der Waals surface area contributed by atoms with E-state index in [1.165, 1.54) is 4.31 Å². The molecule has 25 heavy (non-hydrogen) atoms. The lowest BCUT2D eigenvalue weighted by molar-refractivity contribution is -0.126. The number of hydrogen-bond acceptors (Lipinski definition) is 6. The van der Waals surface area contributed by atoms with Crippen LogP contribution in [0.15, 0.2) is 26.9 Å². The van der Waals surface area contributed by atoms with Crippen LogP contribution in [0.2, 0.25) is 0 Å². The summed E-state index contributed by atoms with van der Waals surface area (Å²) in [7, 11) is -3.71. The van der Waals surface area contributed by atoms with Crippen molar-refractivity contribution in [3.63, 3.8) is 0 Å². The Morgan fingerprint density at radius 1 is 1.48 bits per heavy atom. The minimum absolute atomic E-state index is 0.105. The van der Waals surface area contributed by atoms with Gasteiger partial charge >= 0.3 is 0 Å². The molecule has 0 spiro atoms. The van der Waals surface area contributed by atoms with E-state index in [0.717, 1.165) is 4.88 Å². The van der Waals surface area contributed by atoms with Gasteiger partial charge in [-0.1, -0.05) is 11.2 Å². The van der Waals surface area contributed by atoms with E-state index in [-0.39, 0.29) is 29.0 Å². The van der Waals surface area contributed by atoms with Crippen molar-refractivity contribution in [3.05, 3.63) is 33.8 Å². The number of aromatic nitrogens is 1. The van der Waals surface area contributed by atoms with Gasteiger partial charge in [-0.15, -0.1) is 11.3 Å². The van der Waals surface area contributed by atoms with Crippen LogP contribution in [0, 0.1) is 19.8 Å². The van der Waals surface area contributed by atoms with Crippen molar-refractivity contribution in [2.24, 2.45) is 5.92 Å². The smallest absolute Gasteiger partial charge is 0.248 e. The third kappa shape index (κ3) is 3.78. The van der Waals surface area contributed by atoms with Crippen molar-refractivity contribution >= 4 is 27.3 Å². The Morgan fingerprint density at radius 3 is 2.92 bits per heavy atom. The van der Waals surface area contributed by atoms with Gasteiger partial charge in [-0.2, -0.15) is 4.31 Å². The minimum atomic E-state index is -3.71. The molecule has 1 aliphatic heterocycles. The Labute approximate surface area is 151 Å². The Kier molecular flexibility index (Phi) is 5.26. The molecule has 9 heteroatoms. The van der Waals surface area contributed by atoms with Crippen LogP contribution in [0.3, 0.4) is 0 Å². The normalized spacial score (nSPS) is 19.0. The van der Waals surface area contributed by atoms with Crippen LogP contribution in [0.1, 0.15) is 29.2 Å². The van der Waals surface area contributed by atoms with Gasteiger partial charge in [-0.3, -0.25) is 4.79 Å². The van der Waals surface area contributed by atoms with E-state index in [1.807, 2.05) is 17.5 Å². The first-order chi connectivity index (χ1) is 11.9. The molecule has 1 aliphatic rings. The van der Waals surface area contributed by atoms with Gasteiger partial charge in [0.25, 0.3) is 0 Å². The van der Waals surface area contributed by atoms with Crippen molar-refractivity contribution in [1.29, 1.82) is 0 Å². The molecule has 1 atom stereocenters. The quantitative estimate of drug-likeness (QED) is 0.853. The van der Waals surface area contributed by atoms with E-state index in [9.17, 15) is 13.2 Å². The Balaban J connectivity index is 1.69. The topological polar surface area (TPSA) is 92.5 Å². The van der Waals surface area contributed by atoms with Crippen molar-refractivity contribution < 1.29 is 17.7 Å². The predicted octanol–water partition coefficient (Wildman–Crippen LogP) is 2.07. The summed E-state index contributed by atoms with van der Waals surface area (Å²) in [5.74, 6) is -0.169. The zero-order chi connectivity index (χ0) is 18.0. The maximum absolute atomic E-state index is 12.9. The number of carbonyl (C=O) groups is 1. The average Bonchev–Trinajstić information content (AvgIpc) is 3.22. The largest absolute Gasteiger partial charge is 0.360 e. The van der Waals surface area contributed by atoms with Crippen LogP contribution in [0.5, 0.6) is 0 Å². The van der Waals surface area contributed by atoms with Crippen molar-refractivity contribution in [2.75, 3.05) is 13.1 Å². The lowest BCUT2D eigenvalue weighted by atomic mass is 9.99. The highest BCUT2D eigenvalue weighted by molar-refractivity contribution is 7.89. The van der Waals surface area contributed by atoms with Crippen LogP contribution in [0.25, 0.3) is 0 Å². The Morgan fingerprint density at radius 2 is 2.28 bits per heavy atom. The number of sulfonamides is 1. The summed E-state index contributed by atoms with van der Waals surface area (Å²) in [6.45, 7) is 4.26. The third-order valence-electron chi connectivity index (χ3n) is 4.34. The number of hydrogen-bond donors (Lipinski definition) is 1. The fraction of sp³-hybridized carbons (Fsp3) is 0.500. The van der Waals surface area contributed by atoms with Gasteiger partial charge in [-0.05, 0) is 38.1 Å². The fourth-order valence-corrected chi connectivity index (χ4v) is 5.54. The molecular formula is C16H21N3O4S2. The fourth-order valence-electron chi connectivity index (χ4n) is 3.08. The number of aryl methyl sites for hydroxylation is 2. The SMILES string of the molecule is Cc1noc(C)c1S(=O)(=O)N1CCCC(C(=O)NCc2cccs2)C1. The standard InChI is InChI=1S/C16H21N3O4S2/c1-11-15(12(2)23-18-11)25(21,22)19-7-3-5-13(10-19)16(20)17-9-14-6-4-8-24-14/h4,6,8,13H,3,5,7,9-10H2,1-2H3,(H,17,20). The van der Waals surface area contributed by atoms with Crippen LogP contribution < -0.4 is 5.32 Å². The molecule has 0 aliphatic carbocycles. The second-order valence-electron chi connectivity index (χ2n) is 6.15. The molecule has 2 aromatic rings. The first-order valence-electron chi connectivity index (χ1n) is 8.12. The van der Waals surface area contributed by atoms with E-state index >= 15 is 0 Å². The highest BCUT2D eigenvalue weighted by Crippen LogP contribution is 2.27. The molecule has 3 rings (SSSR count). The Hall–Kier alpha value is -1.71. The van der Waals surface area contributed by atoms with Crippen molar-refractivity contribution in [2.45, 2.75) is 38.1 Å². The molecule has 2 aromatic heterocycles. The maximum atomic E-state index is 12.9. The van der Waals surface area contributed by atoms with E-state index in [1.54, 1.807) is 25.2 Å². The average molecular weight is 383 g/mol. The number of nitrogens with zero attached hydrogens (tertiary/aromatic N) is 2. The molecular weight excluding hydrogens is 362 g/mol. The molecule has 0 aromatic carbocycles. The summed E-state index contributed by atoms with van der Waals surface area (Å²) in [5.41, 5.74) is 0.349. The molecule has 1 saturated heterocycles. The van der Waals surface area contributed by atoms with Gasteiger partial charge in [0, 0.05) is 18.0 Å². The van der Waals surface area contributed by atoms with Gasteiger partial charge in [0.2, 0.25) is 15.9 Å². The first-order valence-corrected chi connectivity index (χ1v) is 10.4. The van der Waals surface area contributed by atoms with E-state index < -0.39 is 10.0 Å². The van der Waals surface area contributed by atoms with Crippen LogP contribution in [-0.4, -0.2) is 36.9 Å². The zero-order valence-corrected chi connectivity index (χ0v) is 15.8. The van der Waals surface area contributed by atoms with Gasteiger partial charge in [0.15, 0.2) is 5.76 Å². The summed E-state index contributed by atoms with van der Waals surface area (Å²) >= 11 is 1.58. The molecule has 3 heterocycles. The van der Waals surface area contributed by atoms with Crippen molar-refractivity contribution in [1.82, 2.24) is 14.8 Å². The van der Waals surface area contributed by atoms with E-state index in [2.05, 4.69) is 10.5 Å². The third-order valence-corrected chi connectivity index (χ3v) is 7.32. The molecule has 1 amide bonds. The zero-order valence-electron chi connectivity index (χ0n) is 14.2. The lowest BCUT2D eigenvalue weighted by Gasteiger charge is -2.31. The highest BCUT2D eigenvalue weighted by atomic mass is 32.2. The molecule has 0 saturated carbocycles. The monoisotopic (exact) mass is 383 g/mol. The predicted molar refractivity (Wildman–Crippen MR) is 93.6 cm³/mol. The number of piperidine rings is 1. The second kappa shape index (κ2) is 7.27. The highest BCUT2D eigenvalue weighted by Gasteiger charge is 2.36. The number of carbonyl (C=O) groups excluding carboxylic acids is 1. The number of amides is 1.